The van der Waals surface area contributed by atoms with Crippen molar-refractivity contribution in [2.75, 3.05) is 26.7 Å². The molecule has 21 heavy (non-hydrogen) atoms. The molecule has 0 spiro atoms. The van der Waals surface area contributed by atoms with Gasteiger partial charge in [-0.25, -0.2) is 4.39 Å². The van der Waals surface area contributed by atoms with Crippen molar-refractivity contribution in [1.82, 2.24) is 10.2 Å². The van der Waals surface area contributed by atoms with Crippen molar-refractivity contribution < 1.29 is 4.39 Å². The average molecular weight is 292 g/mol. The fourth-order valence-electron chi connectivity index (χ4n) is 3.61. The van der Waals surface area contributed by atoms with E-state index in [9.17, 15) is 4.39 Å². The minimum atomic E-state index is -0.0728. The van der Waals surface area contributed by atoms with Gasteiger partial charge in [0.15, 0.2) is 0 Å². The maximum atomic E-state index is 14.0. The Hall–Kier alpha value is -0.930. The van der Waals surface area contributed by atoms with Crippen LogP contribution >= 0.6 is 0 Å². The Morgan fingerprint density at radius 2 is 2.14 bits per heavy atom. The van der Waals surface area contributed by atoms with E-state index in [1.807, 2.05) is 20.0 Å². The standard InChI is InChI=1S/C18H29FN2/c1-4-10-21-11-6-5-7-16(13-20-3)18(21)15-9-8-14(2)17(19)12-15/h8-9,12,16,18,20H,4-7,10-11,13H2,1-3H3. The van der Waals surface area contributed by atoms with Crippen LogP contribution in [-0.2, 0) is 0 Å². The first-order chi connectivity index (χ1) is 10.2. The summed E-state index contributed by atoms with van der Waals surface area (Å²) in [7, 11) is 2.02. The van der Waals surface area contributed by atoms with Crippen molar-refractivity contribution in [2.24, 2.45) is 5.92 Å². The molecule has 1 heterocycles. The van der Waals surface area contributed by atoms with Crippen LogP contribution in [0.3, 0.4) is 0 Å². The second-order valence-electron chi connectivity index (χ2n) is 6.30. The summed E-state index contributed by atoms with van der Waals surface area (Å²) >= 11 is 0. The van der Waals surface area contributed by atoms with E-state index in [1.54, 1.807) is 6.07 Å². The number of aryl methyl sites for hydroxylation is 1. The average Bonchev–Trinajstić information content (AvgIpc) is 2.66. The van der Waals surface area contributed by atoms with Gasteiger partial charge in [-0.1, -0.05) is 25.5 Å². The van der Waals surface area contributed by atoms with E-state index in [2.05, 4.69) is 23.2 Å². The maximum Gasteiger partial charge on any atom is 0.126 e. The molecule has 1 aromatic rings. The lowest BCUT2D eigenvalue weighted by molar-refractivity contribution is 0.154. The van der Waals surface area contributed by atoms with E-state index in [-0.39, 0.29) is 5.82 Å². The van der Waals surface area contributed by atoms with Gasteiger partial charge in [-0.15, -0.1) is 0 Å². The van der Waals surface area contributed by atoms with Gasteiger partial charge in [-0.05, 0) is 76.0 Å². The largest absolute Gasteiger partial charge is 0.319 e. The van der Waals surface area contributed by atoms with E-state index in [1.165, 1.54) is 19.3 Å². The molecule has 0 bridgehead atoms. The van der Waals surface area contributed by atoms with E-state index in [4.69, 9.17) is 0 Å². The van der Waals surface area contributed by atoms with E-state index < -0.39 is 0 Å². The van der Waals surface area contributed by atoms with Gasteiger partial charge in [-0.3, -0.25) is 4.90 Å². The SMILES string of the molecule is CCCN1CCCCC(CNC)C1c1ccc(C)c(F)c1. The summed E-state index contributed by atoms with van der Waals surface area (Å²) in [4.78, 5) is 2.57. The summed E-state index contributed by atoms with van der Waals surface area (Å²) in [5.74, 6) is 0.488. The first kappa shape index (κ1) is 16.4. The Balaban J connectivity index is 2.34. The highest BCUT2D eigenvalue weighted by Gasteiger charge is 2.30. The molecule has 1 aromatic carbocycles. The zero-order chi connectivity index (χ0) is 15.2. The monoisotopic (exact) mass is 292 g/mol. The summed E-state index contributed by atoms with van der Waals surface area (Å²) in [6.45, 7) is 7.29. The fraction of sp³-hybridized carbons (Fsp3) is 0.667. The van der Waals surface area contributed by atoms with Crippen LogP contribution in [0, 0.1) is 18.7 Å². The number of halogens is 1. The van der Waals surface area contributed by atoms with Crippen molar-refractivity contribution in [2.45, 2.75) is 45.6 Å². The minimum absolute atomic E-state index is 0.0728. The molecular formula is C18H29FN2. The maximum absolute atomic E-state index is 14.0. The third-order valence-electron chi connectivity index (χ3n) is 4.62. The molecule has 0 saturated carbocycles. The lowest BCUT2D eigenvalue weighted by Gasteiger charge is -2.35. The highest BCUT2D eigenvalue weighted by Crippen LogP contribution is 2.35. The number of nitrogens with zero attached hydrogens (tertiary/aromatic N) is 1. The van der Waals surface area contributed by atoms with Gasteiger partial charge >= 0.3 is 0 Å². The molecule has 2 atom stereocenters. The van der Waals surface area contributed by atoms with Crippen LogP contribution in [0.1, 0.15) is 49.8 Å². The third-order valence-corrected chi connectivity index (χ3v) is 4.62. The van der Waals surface area contributed by atoms with Gasteiger partial charge in [0.05, 0.1) is 0 Å². The molecular weight excluding hydrogens is 263 g/mol. The lowest BCUT2D eigenvalue weighted by atomic mass is 9.88. The Kier molecular flexibility index (Phi) is 6.19. The van der Waals surface area contributed by atoms with Crippen LogP contribution in [0.25, 0.3) is 0 Å². The van der Waals surface area contributed by atoms with E-state index in [0.717, 1.165) is 37.2 Å². The van der Waals surface area contributed by atoms with Crippen LogP contribution in [0.2, 0.25) is 0 Å². The smallest absolute Gasteiger partial charge is 0.126 e. The second-order valence-corrected chi connectivity index (χ2v) is 6.30. The van der Waals surface area contributed by atoms with Crippen LogP contribution in [0.15, 0.2) is 18.2 Å². The highest BCUT2D eigenvalue weighted by molar-refractivity contribution is 5.26. The van der Waals surface area contributed by atoms with Crippen molar-refractivity contribution in [3.05, 3.63) is 35.1 Å². The van der Waals surface area contributed by atoms with Gasteiger partial charge in [0.2, 0.25) is 0 Å². The number of hydrogen-bond donors (Lipinski definition) is 1. The number of likely N-dealkylation sites (tertiary alicyclic amines) is 1. The molecule has 0 aromatic heterocycles. The fourth-order valence-corrected chi connectivity index (χ4v) is 3.61. The Morgan fingerprint density at radius 1 is 1.33 bits per heavy atom. The molecule has 1 saturated heterocycles. The van der Waals surface area contributed by atoms with Gasteiger partial charge in [0.1, 0.15) is 5.82 Å². The summed E-state index contributed by atoms with van der Waals surface area (Å²) < 4.78 is 14.0. The zero-order valence-corrected chi connectivity index (χ0v) is 13.7. The predicted molar refractivity (Wildman–Crippen MR) is 87.0 cm³/mol. The number of benzene rings is 1. The predicted octanol–water partition coefficient (Wildman–Crippen LogP) is 3.91. The second kappa shape index (κ2) is 7.90. The third kappa shape index (κ3) is 4.04. The molecule has 3 heteroatoms. The van der Waals surface area contributed by atoms with Crippen molar-refractivity contribution >= 4 is 0 Å². The normalized spacial score (nSPS) is 24.0. The first-order valence-corrected chi connectivity index (χ1v) is 8.32. The molecule has 1 aliphatic rings. The molecule has 0 aliphatic carbocycles. The molecule has 1 aliphatic heterocycles. The summed E-state index contributed by atoms with van der Waals surface area (Å²) in [5, 5.41) is 3.33. The summed E-state index contributed by atoms with van der Waals surface area (Å²) in [6, 6.07) is 6.15. The first-order valence-electron chi connectivity index (χ1n) is 8.32. The summed E-state index contributed by atoms with van der Waals surface area (Å²) in [6.07, 6.45) is 4.90. The van der Waals surface area contributed by atoms with Gasteiger partial charge in [0.25, 0.3) is 0 Å². The molecule has 0 radical (unpaired) electrons. The molecule has 2 nitrogen and oxygen atoms in total. The Labute approximate surface area is 128 Å². The summed E-state index contributed by atoms with van der Waals surface area (Å²) in [5.41, 5.74) is 1.88. The van der Waals surface area contributed by atoms with E-state index in [0.29, 0.717) is 12.0 Å². The molecule has 0 amide bonds. The van der Waals surface area contributed by atoms with Crippen LogP contribution < -0.4 is 5.32 Å². The van der Waals surface area contributed by atoms with Gasteiger partial charge in [-0.2, -0.15) is 0 Å². The molecule has 1 N–H and O–H groups in total. The zero-order valence-electron chi connectivity index (χ0n) is 13.7. The van der Waals surface area contributed by atoms with Crippen molar-refractivity contribution in [3.63, 3.8) is 0 Å². The van der Waals surface area contributed by atoms with Gasteiger partial charge in [0, 0.05) is 6.04 Å². The number of rotatable bonds is 5. The lowest BCUT2D eigenvalue weighted by Crippen LogP contribution is -2.37. The Morgan fingerprint density at radius 3 is 2.81 bits per heavy atom. The van der Waals surface area contributed by atoms with Crippen LogP contribution in [0.4, 0.5) is 4.39 Å². The molecule has 118 valence electrons. The van der Waals surface area contributed by atoms with Crippen LogP contribution in [-0.4, -0.2) is 31.6 Å². The quantitative estimate of drug-likeness (QED) is 0.885. The number of hydrogen-bond acceptors (Lipinski definition) is 2. The Bertz CT molecular complexity index is 431. The number of nitrogens with one attached hydrogen (secondary N) is 1. The molecule has 2 rings (SSSR count). The molecule has 2 unspecified atom stereocenters. The highest BCUT2D eigenvalue weighted by atomic mass is 19.1. The minimum Gasteiger partial charge on any atom is -0.319 e. The van der Waals surface area contributed by atoms with Crippen LogP contribution in [0.5, 0.6) is 0 Å². The van der Waals surface area contributed by atoms with Crippen molar-refractivity contribution in [3.8, 4) is 0 Å². The van der Waals surface area contributed by atoms with Crippen molar-refractivity contribution in [1.29, 1.82) is 0 Å². The van der Waals surface area contributed by atoms with Gasteiger partial charge < -0.3 is 5.32 Å². The topological polar surface area (TPSA) is 15.3 Å². The van der Waals surface area contributed by atoms with E-state index >= 15 is 0 Å². The molecule has 1 fully saturated rings.